The molecule has 1 aliphatic carbocycles. The summed E-state index contributed by atoms with van der Waals surface area (Å²) in [5.74, 6) is 0.371. The van der Waals surface area contributed by atoms with Crippen molar-refractivity contribution in [3.05, 3.63) is 16.0 Å². The molecular weight excluding hydrogens is 330 g/mol. The van der Waals surface area contributed by atoms with Crippen LogP contribution in [0.15, 0.2) is 0 Å². The van der Waals surface area contributed by atoms with E-state index in [2.05, 4.69) is 11.4 Å². The average Bonchev–Trinajstić information content (AvgIpc) is 3.02. The van der Waals surface area contributed by atoms with Crippen LogP contribution in [0.3, 0.4) is 0 Å². The lowest BCUT2D eigenvalue weighted by atomic mass is 9.96. The van der Waals surface area contributed by atoms with Crippen LogP contribution >= 0.6 is 23.1 Å². The van der Waals surface area contributed by atoms with E-state index >= 15 is 0 Å². The van der Waals surface area contributed by atoms with E-state index < -0.39 is 6.04 Å². The van der Waals surface area contributed by atoms with Gasteiger partial charge in [-0.15, -0.1) is 23.1 Å². The third-order valence-electron chi connectivity index (χ3n) is 4.49. The van der Waals surface area contributed by atoms with Gasteiger partial charge in [-0.05, 0) is 45.1 Å². The summed E-state index contributed by atoms with van der Waals surface area (Å²) in [7, 11) is 0. The van der Waals surface area contributed by atoms with Crippen molar-refractivity contribution in [1.82, 2.24) is 4.90 Å². The minimum atomic E-state index is -0.488. The van der Waals surface area contributed by atoms with Crippen LogP contribution in [0.1, 0.15) is 42.7 Å². The number of thioether (sulfide) groups is 1. The van der Waals surface area contributed by atoms with Crippen LogP contribution in [0.5, 0.6) is 0 Å². The van der Waals surface area contributed by atoms with Crippen molar-refractivity contribution < 1.29 is 9.59 Å². The number of nitrogens with one attached hydrogen (secondary N) is 1. The normalized spacial score (nSPS) is 22.3. The number of carbonyl (C=O) groups excluding carboxylic acids is 2. The molecule has 0 spiro atoms. The summed E-state index contributed by atoms with van der Waals surface area (Å²) in [5.41, 5.74) is 1.72. The molecule has 7 heteroatoms. The lowest BCUT2D eigenvalue weighted by Crippen LogP contribution is -2.47. The summed E-state index contributed by atoms with van der Waals surface area (Å²) in [6, 6.07) is 1.76. The number of amides is 2. The maximum Gasteiger partial charge on any atom is 0.248 e. The Morgan fingerprint density at radius 1 is 1.43 bits per heavy atom. The highest BCUT2D eigenvalue weighted by atomic mass is 32.2. The van der Waals surface area contributed by atoms with Crippen LogP contribution in [0, 0.1) is 11.3 Å². The first-order valence-electron chi connectivity index (χ1n) is 7.71. The van der Waals surface area contributed by atoms with Crippen LogP contribution in [-0.2, 0) is 22.4 Å². The molecule has 1 aromatic rings. The number of nitrogens with zero attached hydrogens (tertiary/aromatic N) is 2. The Kier molecular flexibility index (Phi) is 4.39. The molecule has 1 N–H and O–H groups in total. The number of anilines is 1. The van der Waals surface area contributed by atoms with E-state index in [1.165, 1.54) is 16.2 Å². The van der Waals surface area contributed by atoms with Gasteiger partial charge in [0.05, 0.1) is 10.4 Å². The number of fused-ring (bicyclic) bond motifs is 1. The SMILES string of the molecule is CC1(C)SCC(C(=O)Nc2sc3c(c2C#N)CCCC3)N1C=O. The van der Waals surface area contributed by atoms with Crippen molar-refractivity contribution in [2.45, 2.75) is 50.4 Å². The van der Waals surface area contributed by atoms with Crippen LogP contribution in [-0.4, -0.2) is 33.9 Å². The third-order valence-corrected chi connectivity index (χ3v) is 7.09. The molecule has 122 valence electrons. The first kappa shape index (κ1) is 16.3. The molecule has 2 aliphatic rings. The molecule has 0 radical (unpaired) electrons. The van der Waals surface area contributed by atoms with Gasteiger partial charge in [0.15, 0.2) is 0 Å². The highest BCUT2D eigenvalue weighted by molar-refractivity contribution is 8.00. The predicted molar refractivity (Wildman–Crippen MR) is 92.5 cm³/mol. The summed E-state index contributed by atoms with van der Waals surface area (Å²) < 4.78 is 0. The molecule has 23 heavy (non-hydrogen) atoms. The number of hydrogen-bond acceptors (Lipinski definition) is 5. The van der Waals surface area contributed by atoms with Crippen LogP contribution in [0.25, 0.3) is 0 Å². The average molecular weight is 349 g/mol. The smallest absolute Gasteiger partial charge is 0.248 e. The first-order valence-corrected chi connectivity index (χ1v) is 9.51. The summed E-state index contributed by atoms with van der Waals surface area (Å²) in [5, 5.41) is 13.0. The monoisotopic (exact) mass is 349 g/mol. The van der Waals surface area contributed by atoms with E-state index in [-0.39, 0.29) is 10.8 Å². The Bertz CT molecular complexity index is 690. The molecule has 1 atom stereocenters. The second kappa shape index (κ2) is 6.17. The van der Waals surface area contributed by atoms with Gasteiger partial charge < -0.3 is 10.2 Å². The predicted octanol–water partition coefficient (Wildman–Crippen LogP) is 2.75. The van der Waals surface area contributed by atoms with E-state index in [0.29, 0.717) is 16.3 Å². The molecule has 1 aliphatic heterocycles. The van der Waals surface area contributed by atoms with Crippen molar-refractivity contribution >= 4 is 40.4 Å². The molecule has 1 fully saturated rings. The van der Waals surface area contributed by atoms with Crippen LogP contribution in [0.2, 0.25) is 0 Å². The molecule has 0 saturated carbocycles. The van der Waals surface area contributed by atoms with Crippen LogP contribution in [0.4, 0.5) is 5.00 Å². The number of thiophene rings is 1. The van der Waals surface area contributed by atoms with Crippen molar-refractivity contribution in [2.75, 3.05) is 11.1 Å². The van der Waals surface area contributed by atoms with E-state index in [1.807, 2.05) is 13.8 Å². The molecule has 1 unspecified atom stereocenters. The van der Waals surface area contributed by atoms with E-state index in [4.69, 9.17) is 0 Å². The quantitative estimate of drug-likeness (QED) is 0.852. The number of hydrogen-bond donors (Lipinski definition) is 1. The van der Waals surface area contributed by atoms with E-state index in [0.717, 1.165) is 37.7 Å². The largest absolute Gasteiger partial charge is 0.318 e. The summed E-state index contributed by atoms with van der Waals surface area (Å²) in [6.07, 6.45) is 4.87. The molecule has 1 saturated heterocycles. The fourth-order valence-electron chi connectivity index (χ4n) is 3.18. The Hall–Kier alpha value is -1.52. The lowest BCUT2D eigenvalue weighted by molar-refractivity contribution is -0.130. The van der Waals surface area contributed by atoms with Gasteiger partial charge >= 0.3 is 0 Å². The number of rotatable bonds is 3. The molecule has 2 amide bonds. The number of carbonyl (C=O) groups is 2. The summed E-state index contributed by atoms with van der Waals surface area (Å²) >= 11 is 3.10. The topological polar surface area (TPSA) is 73.2 Å². The van der Waals surface area contributed by atoms with Gasteiger partial charge in [-0.25, -0.2) is 0 Å². The Morgan fingerprint density at radius 3 is 2.87 bits per heavy atom. The molecule has 2 heterocycles. The summed E-state index contributed by atoms with van der Waals surface area (Å²) in [6.45, 7) is 3.87. The van der Waals surface area contributed by atoms with Gasteiger partial charge in [-0.3, -0.25) is 9.59 Å². The zero-order valence-electron chi connectivity index (χ0n) is 13.2. The number of nitriles is 1. The van der Waals surface area contributed by atoms with Gasteiger partial charge in [0.2, 0.25) is 12.3 Å². The maximum absolute atomic E-state index is 12.6. The van der Waals surface area contributed by atoms with Crippen molar-refractivity contribution in [2.24, 2.45) is 0 Å². The minimum Gasteiger partial charge on any atom is -0.318 e. The molecule has 1 aromatic heterocycles. The second-order valence-corrected chi connectivity index (χ2v) is 9.03. The van der Waals surface area contributed by atoms with Gasteiger partial charge in [-0.2, -0.15) is 5.26 Å². The first-order chi connectivity index (χ1) is 11.0. The van der Waals surface area contributed by atoms with Crippen molar-refractivity contribution in [3.8, 4) is 6.07 Å². The zero-order chi connectivity index (χ0) is 16.6. The van der Waals surface area contributed by atoms with E-state index in [9.17, 15) is 14.9 Å². The molecule has 5 nitrogen and oxygen atoms in total. The molecule has 3 rings (SSSR count). The Balaban J connectivity index is 1.83. The second-order valence-electron chi connectivity index (χ2n) is 6.30. The minimum absolute atomic E-state index is 0.203. The van der Waals surface area contributed by atoms with E-state index in [1.54, 1.807) is 16.7 Å². The van der Waals surface area contributed by atoms with Crippen molar-refractivity contribution in [3.63, 3.8) is 0 Å². The highest BCUT2D eigenvalue weighted by Gasteiger charge is 2.43. The van der Waals surface area contributed by atoms with Gasteiger partial charge in [-0.1, -0.05) is 0 Å². The highest BCUT2D eigenvalue weighted by Crippen LogP contribution is 2.40. The zero-order valence-corrected chi connectivity index (χ0v) is 14.9. The van der Waals surface area contributed by atoms with Gasteiger partial charge in [0.1, 0.15) is 17.1 Å². The maximum atomic E-state index is 12.6. The summed E-state index contributed by atoms with van der Waals surface area (Å²) in [4.78, 5) is 26.4. The van der Waals surface area contributed by atoms with Gasteiger partial charge in [0.25, 0.3) is 0 Å². The van der Waals surface area contributed by atoms with Gasteiger partial charge in [0, 0.05) is 10.6 Å². The standard InChI is InChI=1S/C16H19N3O2S2/c1-16(2)19(9-20)12(8-22-16)14(21)18-15-11(7-17)10-5-3-4-6-13(10)23-15/h9,12H,3-6,8H2,1-2H3,(H,18,21). The molecule has 0 bridgehead atoms. The Labute approximate surface area is 144 Å². The molecular formula is C16H19N3O2S2. The fraction of sp³-hybridized carbons (Fsp3) is 0.562. The lowest BCUT2D eigenvalue weighted by Gasteiger charge is -2.30. The molecule has 0 aromatic carbocycles. The fourth-order valence-corrected chi connectivity index (χ4v) is 5.62. The Morgan fingerprint density at radius 2 is 2.17 bits per heavy atom. The number of aryl methyl sites for hydroxylation is 1. The van der Waals surface area contributed by atoms with Crippen LogP contribution < -0.4 is 5.32 Å². The third kappa shape index (κ3) is 2.86. The van der Waals surface area contributed by atoms with Crippen molar-refractivity contribution in [1.29, 1.82) is 5.26 Å².